The molecule has 2 rings (SSSR count). The minimum Gasteiger partial charge on any atom is -0.550 e. The average molecular weight is 255 g/mol. The first-order valence-corrected chi connectivity index (χ1v) is 5.36. The second-order valence-corrected chi connectivity index (χ2v) is 4.29. The summed E-state index contributed by atoms with van der Waals surface area (Å²) in [6, 6.07) is 4.26. The summed E-state index contributed by atoms with van der Waals surface area (Å²) >= 11 is 5.76. The van der Waals surface area contributed by atoms with E-state index in [9.17, 15) is 19.8 Å². The van der Waals surface area contributed by atoms with Crippen molar-refractivity contribution >= 4 is 29.2 Å². The van der Waals surface area contributed by atoms with Crippen molar-refractivity contribution in [1.29, 1.82) is 0 Å². The van der Waals surface area contributed by atoms with Crippen LogP contribution < -0.4 is 10.0 Å². The molecule has 90 valence electrons. The molecule has 1 N–H and O–H groups in total. The van der Waals surface area contributed by atoms with Gasteiger partial charge in [0, 0.05) is 29.9 Å². The van der Waals surface area contributed by atoms with Crippen molar-refractivity contribution < 1.29 is 19.8 Å². The van der Waals surface area contributed by atoms with Gasteiger partial charge in [0.1, 0.15) is 5.75 Å². The third kappa shape index (κ3) is 2.19. The van der Waals surface area contributed by atoms with E-state index < -0.39 is 11.9 Å². The molecule has 0 saturated carbocycles. The molecule has 1 amide bonds. The molecule has 0 radical (unpaired) electrons. The van der Waals surface area contributed by atoms with Crippen LogP contribution in [-0.2, 0) is 9.59 Å². The highest BCUT2D eigenvalue weighted by Crippen LogP contribution is 2.34. The number of carbonyl (C=O) groups is 2. The van der Waals surface area contributed by atoms with Crippen molar-refractivity contribution in [3.63, 3.8) is 0 Å². The van der Waals surface area contributed by atoms with E-state index in [1.165, 1.54) is 23.1 Å². The van der Waals surface area contributed by atoms with Gasteiger partial charge in [0.25, 0.3) is 0 Å². The number of phenols is 1. The molecule has 1 atom stereocenters. The lowest BCUT2D eigenvalue weighted by molar-refractivity contribution is -0.310. The number of hydrogen-bond acceptors (Lipinski definition) is 4. The summed E-state index contributed by atoms with van der Waals surface area (Å²) in [7, 11) is 0. The van der Waals surface area contributed by atoms with Crippen molar-refractivity contribution in [2.24, 2.45) is 5.92 Å². The van der Waals surface area contributed by atoms with Crippen LogP contribution in [0, 0.1) is 5.92 Å². The Labute approximate surface area is 102 Å². The second-order valence-electron chi connectivity index (χ2n) is 3.86. The summed E-state index contributed by atoms with van der Waals surface area (Å²) in [6.07, 6.45) is -0.117. The molecule has 0 aromatic heterocycles. The van der Waals surface area contributed by atoms with Gasteiger partial charge < -0.3 is 19.9 Å². The van der Waals surface area contributed by atoms with Crippen molar-refractivity contribution in [3.05, 3.63) is 23.2 Å². The lowest BCUT2D eigenvalue weighted by Gasteiger charge is -2.18. The Kier molecular flexibility index (Phi) is 2.93. The van der Waals surface area contributed by atoms with Crippen LogP contribution in [0.15, 0.2) is 18.2 Å². The topological polar surface area (TPSA) is 80.7 Å². The highest BCUT2D eigenvalue weighted by atomic mass is 35.5. The van der Waals surface area contributed by atoms with E-state index in [0.717, 1.165) is 0 Å². The van der Waals surface area contributed by atoms with Crippen LogP contribution in [0.4, 0.5) is 5.69 Å². The molecule has 0 spiro atoms. The predicted octanol–water partition coefficient (Wildman–Crippen LogP) is 0.148. The maximum Gasteiger partial charge on any atom is 0.227 e. The fourth-order valence-corrected chi connectivity index (χ4v) is 1.98. The van der Waals surface area contributed by atoms with E-state index in [1.807, 2.05) is 0 Å². The van der Waals surface area contributed by atoms with E-state index in [-0.39, 0.29) is 30.3 Å². The molecule has 1 fully saturated rings. The third-order valence-corrected chi connectivity index (χ3v) is 2.92. The number of aromatic hydroxyl groups is 1. The molecule has 1 aromatic rings. The van der Waals surface area contributed by atoms with Gasteiger partial charge in [-0.2, -0.15) is 0 Å². The average Bonchev–Trinajstić information content (AvgIpc) is 2.64. The van der Waals surface area contributed by atoms with E-state index >= 15 is 0 Å². The van der Waals surface area contributed by atoms with Gasteiger partial charge >= 0.3 is 0 Å². The first-order valence-electron chi connectivity index (χ1n) is 4.99. The van der Waals surface area contributed by atoms with E-state index in [2.05, 4.69) is 0 Å². The fourth-order valence-electron chi connectivity index (χ4n) is 1.81. The SMILES string of the molecule is O=C([O-])[C@@H]1CC(=O)N(c2cc(Cl)ccc2O)C1. The van der Waals surface area contributed by atoms with E-state index in [1.54, 1.807) is 0 Å². The van der Waals surface area contributed by atoms with Gasteiger partial charge in [-0.05, 0) is 18.2 Å². The Morgan fingerprint density at radius 3 is 2.82 bits per heavy atom. The Morgan fingerprint density at radius 1 is 1.53 bits per heavy atom. The minimum atomic E-state index is -1.26. The van der Waals surface area contributed by atoms with Gasteiger partial charge in [-0.1, -0.05) is 11.6 Å². The molecule has 0 bridgehead atoms. The maximum absolute atomic E-state index is 11.6. The molecule has 17 heavy (non-hydrogen) atoms. The molecular formula is C11H9ClNO4-. The minimum absolute atomic E-state index is 0.00489. The Balaban J connectivity index is 2.32. The Hall–Kier alpha value is -1.75. The smallest absolute Gasteiger partial charge is 0.227 e. The Bertz CT molecular complexity index is 488. The van der Waals surface area contributed by atoms with Gasteiger partial charge in [0.15, 0.2) is 0 Å². The molecule has 1 aliphatic heterocycles. The number of halogens is 1. The lowest BCUT2D eigenvalue weighted by Crippen LogP contribution is -2.33. The van der Waals surface area contributed by atoms with Crippen molar-refractivity contribution in [3.8, 4) is 5.75 Å². The van der Waals surface area contributed by atoms with Crippen LogP contribution >= 0.6 is 11.6 Å². The van der Waals surface area contributed by atoms with Gasteiger partial charge in [0.2, 0.25) is 5.91 Å². The van der Waals surface area contributed by atoms with Gasteiger partial charge in [-0.3, -0.25) is 4.79 Å². The number of rotatable bonds is 2. The Morgan fingerprint density at radius 2 is 2.24 bits per heavy atom. The highest BCUT2D eigenvalue weighted by Gasteiger charge is 2.32. The van der Waals surface area contributed by atoms with Gasteiger partial charge in [-0.15, -0.1) is 0 Å². The molecule has 1 aliphatic rings. The number of aliphatic carboxylic acids is 1. The molecule has 5 nitrogen and oxygen atoms in total. The van der Waals surface area contributed by atoms with Crippen LogP contribution in [0.1, 0.15) is 6.42 Å². The largest absolute Gasteiger partial charge is 0.550 e. The van der Waals surface area contributed by atoms with Crippen LogP contribution in [0.25, 0.3) is 0 Å². The number of anilines is 1. The number of phenolic OH excluding ortho intramolecular Hbond substituents is 1. The fraction of sp³-hybridized carbons (Fsp3) is 0.273. The molecule has 6 heteroatoms. The van der Waals surface area contributed by atoms with Crippen molar-refractivity contribution in [1.82, 2.24) is 0 Å². The van der Waals surface area contributed by atoms with Crippen LogP contribution in [0.2, 0.25) is 5.02 Å². The van der Waals surface area contributed by atoms with E-state index in [0.29, 0.717) is 5.02 Å². The number of benzene rings is 1. The number of amides is 1. The van der Waals surface area contributed by atoms with Crippen molar-refractivity contribution in [2.45, 2.75) is 6.42 Å². The first kappa shape index (κ1) is 11.7. The summed E-state index contributed by atoms with van der Waals surface area (Å²) in [4.78, 5) is 23.5. The molecule has 0 unspecified atom stereocenters. The van der Waals surface area contributed by atoms with Crippen molar-refractivity contribution in [2.75, 3.05) is 11.4 Å². The number of hydrogen-bond donors (Lipinski definition) is 1. The quantitative estimate of drug-likeness (QED) is 0.815. The third-order valence-electron chi connectivity index (χ3n) is 2.69. The molecular weight excluding hydrogens is 246 g/mol. The number of carbonyl (C=O) groups excluding carboxylic acids is 2. The number of carboxylic acids is 1. The van der Waals surface area contributed by atoms with Crippen LogP contribution in [0.5, 0.6) is 5.75 Å². The van der Waals surface area contributed by atoms with E-state index in [4.69, 9.17) is 11.6 Å². The van der Waals surface area contributed by atoms with Crippen LogP contribution in [0.3, 0.4) is 0 Å². The van der Waals surface area contributed by atoms with Gasteiger partial charge in [0.05, 0.1) is 5.69 Å². The highest BCUT2D eigenvalue weighted by molar-refractivity contribution is 6.31. The predicted molar refractivity (Wildman–Crippen MR) is 58.6 cm³/mol. The monoisotopic (exact) mass is 254 g/mol. The molecule has 1 saturated heterocycles. The maximum atomic E-state index is 11.6. The number of carboxylic acid groups (broad SMARTS) is 1. The lowest BCUT2D eigenvalue weighted by atomic mass is 10.1. The van der Waals surface area contributed by atoms with Crippen LogP contribution in [-0.4, -0.2) is 23.5 Å². The van der Waals surface area contributed by atoms with Gasteiger partial charge in [-0.25, -0.2) is 0 Å². The summed E-state index contributed by atoms with van der Waals surface area (Å²) in [5, 5.41) is 20.7. The summed E-state index contributed by atoms with van der Waals surface area (Å²) < 4.78 is 0. The normalized spacial score (nSPS) is 19.7. The molecule has 0 aliphatic carbocycles. The zero-order chi connectivity index (χ0) is 12.6. The summed E-state index contributed by atoms with van der Waals surface area (Å²) in [6.45, 7) is -0.00489. The zero-order valence-electron chi connectivity index (χ0n) is 8.72. The first-order chi connectivity index (χ1) is 7.99. The number of nitrogens with zero attached hydrogens (tertiary/aromatic N) is 1. The standard InChI is InChI=1S/C11H10ClNO4/c12-7-1-2-9(14)8(4-7)13-5-6(11(16)17)3-10(13)15/h1-2,4,6,14H,3,5H2,(H,16,17)/p-1/t6-/m1/s1. The second kappa shape index (κ2) is 4.25. The summed E-state index contributed by atoms with van der Waals surface area (Å²) in [5.41, 5.74) is 0.228. The molecule has 1 aromatic carbocycles. The molecule has 1 heterocycles. The zero-order valence-corrected chi connectivity index (χ0v) is 9.48. The summed E-state index contributed by atoms with van der Waals surface area (Å²) in [5.74, 6) is -2.58.